The quantitative estimate of drug-likeness (QED) is 0.390. The number of benzene rings is 2. The third kappa shape index (κ3) is 4.98. The zero-order chi connectivity index (χ0) is 16.5. The summed E-state index contributed by atoms with van der Waals surface area (Å²) in [6.07, 6.45) is 8.29. The van der Waals surface area contributed by atoms with Gasteiger partial charge < -0.3 is 9.30 Å². The number of ether oxygens (including phenoxy) is 1. The van der Waals surface area contributed by atoms with Crippen molar-refractivity contribution < 1.29 is 4.74 Å². The predicted octanol–water partition coefficient (Wildman–Crippen LogP) is 3.80. The SMILES string of the molecule is C(=NNc1ccccc1)c1ccc(OCCCn2ccnc2)cc1. The number of hydrazone groups is 1. The van der Waals surface area contributed by atoms with Crippen LogP contribution in [-0.2, 0) is 6.54 Å². The summed E-state index contributed by atoms with van der Waals surface area (Å²) in [6, 6.07) is 17.7. The van der Waals surface area contributed by atoms with Gasteiger partial charge in [0.1, 0.15) is 5.75 Å². The van der Waals surface area contributed by atoms with Crippen molar-refractivity contribution in [2.75, 3.05) is 12.0 Å². The van der Waals surface area contributed by atoms with E-state index in [9.17, 15) is 0 Å². The van der Waals surface area contributed by atoms with Gasteiger partial charge >= 0.3 is 0 Å². The van der Waals surface area contributed by atoms with E-state index in [1.54, 1.807) is 12.4 Å². The molecular formula is C19H20N4O. The highest BCUT2D eigenvalue weighted by molar-refractivity contribution is 5.80. The predicted molar refractivity (Wildman–Crippen MR) is 96.4 cm³/mol. The molecule has 24 heavy (non-hydrogen) atoms. The standard InChI is InChI=1S/C19H20N4O/c1-2-5-18(6-3-1)22-21-15-17-7-9-19(10-8-17)24-14-4-12-23-13-11-20-16-23/h1-3,5-11,13,15-16,22H,4,12,14H2. The monoisotopic (exact) mass is 320 g/mol. The van der Waals surface area contributed by atoms with Crippen LogP contribution in [0.4, 0.5) is 5.69 Å². The number of hydrogen-bond donors (Lipinski definition) is 1. The Hall–Kier alpha value is -3.08. The molecule has 1 N–H and O–H groups in total. The van der Waals surface area contributed by atoms with Crippen LogP contribution in [0, 0.1) is 0 Å². The number of nitrogens with one attached hydrogen (secondary N) is 1. The van der Waals surface area contributed by atoms with Crippen molar-refractivity contribution >= 4 is 11.9 Å². The van der Waals surface area contributed by atoms with Gasteiger partial charge in [0.05, 0.1) is 24.8 Å². The lowest BCUT2D eigenvalue weighted by molar-refractivity contribution is 0.302. The highest BCUT2D eigenvalue weighted by Gasteiger charge is 1.95. The molecule has 0 fully saturated rings. The maximum Gasteiger partial charge on any atom is 0.119 e. The summed E-state index contributed by atoms with van der Waals surface area (Å²) in [7, 11) is 0. The fraction of sp³-hybridized carbons (Fsp3) is 0.158. The number of imidazole rings is 1. The van der Waals surface area contributed by atoms with E-state index < -0.39 is 0 Å². The molecule has 0 amide bonds. The summed E-state index contributed by atoms with van der Waals surface area (Å²) in [5.74, 6) is 0.869. The fourth-order valence-corrected chi connectivity index (χ4v) is 2.20. The van der Waals surface area contributed by atoms with Crippen LogP contribution >= 0.6 is 0 Å². The third-order valence-corrected chi connectivity index (χ3v) is 3.45. The highest BCUT2D eigenvalue weighted by Crippen LogP contribution is 2.12. The maximum atomic E-state index is 5.74. The molecule has 3 aromatic rings. The minimum atomic E-state index is 0.682. The van der Waals surface area contributed by atoms with E-state index in [1.807, 2.05) is 71.7 Å². The summed E-state index contributed by atoms with van der Waals surface area (Å²) in [5, 5.41) is 4.22. The molecule has 122 valence electrons. The van der Waals surface area contributed by atoms with E-state index in [4.69, 9.17) is 4.74 Å². The van der Waals surface area contributed by atoms with Crippen molar-refractivity contribution in [2.45, 2.75) is 13.0 Å². The molecule has 0 unspecified atom stereocenters. The molecule has 0 bridgehead atoms. The van der Waals surface area contributed by atoms with Gasteiger partial charge in [-0.1, -0.05) is 18.2 Å². The number of aromatic nitrogens is 2. The first-order chi connectivity index (χ1) is 11.9. The molecule has 0 aliphatic heterocycles. The molecule has 1 aromatic heterocycles. The molecule has 1 heterocycles. The molecule has 0 saturated carbocycles. The Morgan fingerprint density at radius 3 is 2.67 bits per heavy atom. The smallest absolute Gasteiger partial charge is 0.119 e. The van der Waals surface area contributed by atoms with Gasteiger partial charge in [0.15, 0.2) is 0 Å². The fourth-order valence-electron chi connectivity index (χ4n) is 2.20. The van der Waals surface area contributed by atoms with Crippen molar-refractivity contribution in [1.29, 1.82) is 0 Å². The van der Waals surface area contributed by atoms with Crippen LogP contribution in [-0.4, -0.2) is 22.4 Å². The topological polar surface area (TPSA) is 51.4 Å². The van der Waals surface area contributed by atoms with Gasteiger partial charge in [-0.15, -0.1) is 0 Å². The van der Waals surface area contributed by atoms with Crippen molar-refractivity contribution in [3.63, 3.8) is 0 Å². The normalized spacial score (nSPS) is 10.8. The second-order valence-electron chi connectivity index (χ2n) is 5.31. The molecule has 0 radical (unpaired) electrons. The summed E-state index contributed by atoms with van der Waals surface area (Å²) in [6.45, 7) is 1.59. The van der Waals surface area contributed by atoms with E-state index in [0.717, 1.165) is 30.0 Å². The summed E-state index contributed by atoms with van der Waals surface area (Å²) < 4.78 is 7.78. The minimum Gasteiger partial charge on any atom is -0.494 e. The van der Waals surface area contributed by atoms with Gasteiger partial charge in [0.25, 0.3) is 0 Å². The molecule has 0 aliphatic carbocycles. The van der Waals surface area contributed by atoms with Crippen LogP contribution in [0.5, 0.6) is 5.75 Å². The van der Waals surface area contributed by atoms with Gasteiger partial charge in [-0.25, -0.2) is 4.98 Å². The van der Waals surface area contributed by atoms with Crippen LogP contribution in [0.2, 0.25) is 0 Å². The molecule has 5 nitrogen and oxygen atoms in total. The second kappa shape index (κ2) is 8.53. The first-order valence-electron chi connectivity index (χ1n) is 7.93. The van der Waals surface area contributed by atoms with E-state index >= 15 is 0 Å². The number of rotatable bonds is 8. The first-order valence-corrected chi connectivity index (χ1v) is 7.93. The van der Waals surface area contributed by atoms with Gasteiger partial charge in [0, 0.05) is 18.9 Å². The van der Waals surface area contributed by atoms with E-state index in [1.165, 1.54) is 0 Å². The van der Waals surface area contributed by atoms with Gasteiger partial charge in [-0.2, -0.15) is 5.10 Å². The van der Waals surface area contributed by atoms with Gasteiger partial charge in [-0.05, 0) is 48.4 Å². The summed E-state index contributed by atoms with van der Waals surface area (Å²) >= 11 is 0. The average molecular weight is 320 g/mol. The van der Waals surface area contributed by atoms with Crippen LogP contribution < -0.4 is 10.2 Å². The minimum absolute atomic E-state index is 0.682. The lowest BCUT2D eigenvalue weighted by Crippen LogP contribution is -2.03. The van der Waals surface area contributed by atoms with Crippen LogP contribution in [0.1, 0.15) is 12.0 Å². The Morgan fingerprint density at radius 1 is 1.08 bits per heavy atom. The number of nitrogens with zero attached hydrogens (tertiary/aromatic N) is 3. The van der Waals surface area contributed by atoms with Gasteiger partial charge in [0.2, 0.25) is 0 Å². The average Bonchev–Trinajstić information content (AvgIpc) is 3.14. The van der Waals surface area contributed by atoms with Crippen molar-refractivity contribution in [3.8, 4) is 5.75 Å². The summed E-state index contributed by atoms with van der Waals surface area (Å²) in [5.41, 5.74) is 4.98. The summed E-state index contributed by atoms with van der Waals surface area (Å²) in [4.78, 5) is 4.02. The van der Waals surface area contributed by atoms with E-state index in [0.29, 0.717) is 6.61 Å². The molecule has 0 atom stereocenters. The lowest BCUT2D eigenvalue weighted by Gasteiger charge is -2.06. The zero-order valence-corrected chi connectivity index (χ0v) is 13.4. The number of aryl methyl sites for hydroxylation is 1. The first kappa shape index (κ1) is 15.8. The Labute approximate surface area is 141 Å². The largest absolute Gasteiger partial charge is 0.494 e. The third-order valence-electron chi connectivity index (χ3n) is 3.45. The molecule has 5 heteroatoms. The molecular weight excluding hydrogens is 300 g/mol. The van der Waals surface area contributed by atoms with E-state index in [2.05, 4.69) is 15.5 Å². The van der Waals surface area contributed by atoms with Crippen molar-refractivity contribution in [2.24, 2.45) is 5.10 Å². The lowest BCUT2D eigenvalue weighted by atomic mass is 10.2. The Balaban J connectivity index is 1.41. The van der Waals surface area contributed by atoms with Crippen molar-refractivity contribution in [3.05, 3.63) is 78.9 Å². The van der Waals surface area contributed by atoms with Gasteiger partial charge in [-0.3, -0.25) is 5.43 Å². The van der Waals surface area contributed by atoms with Crippen LogP contribution in [0.3, 0.4) is 0 Å². The molecule has 2 aromatic carbocycles. The molecule has 3 rings (SSSR count). The maximum absolute atomic E-state index is 5.74. The van der Waals surface area contributed by atoms with Crippen molar-refractivity contribution in [1.82, 2.24) is 9.55 Å². The number of hydrogen-bond acceptors (Lipinski definition) is 4. The molecule has 0 saturated heterocycles. The second-order valence-corrected chi connectivity index (χ2v) is 5.31. The number of anilines is 1. The number of para-hydroxylation sites is 1. The zero-order valence-electron chi connectivity index (χ0n) is 13.4. The Morgan fingerprint density at radius 2 is 1.92 bits per heavy atom. The Bertz CT molecular complexity index is 737. The Kier molecular flexibility index (Phi) is 5.61. The molecule has 0 spiro atoms. The van der Waals surface area contributed by atoms with Crippen LogP contribution in [0.25, 0.3) is 0 Å². The molecule has 0 aliphatic rings. The van der Waals surface area contributed by atoms with E-state index in [-0.39, 0.29) is 0 Å². The van der Waals surface area contributed by atoms with Crippen LogP contribution in [0.15, 0.2) is 78.4 Å². The highest BCUT2D eigenvalue weighted by atomic mass is 16.5.